The van der Waals surface area contributed by atoms with E-state index in [-0.39, 0.29) is 36.7 Å². The molecule has 1 unspecified atom stereocenters. The van der Waals surface area contributed by atoms with Crippen LogP contribution in [0.5, 0.6) is 0 Å². The molecule has 2 aliphatic heterocycles. The molecule has 9 heteroatoms. The van der Waals surface area contributed by atoms with Crippen molar-refractivity contribution >= 4 is 21.7 Å². The second kappa shape index (κ2) is 6.36. The SMILES string of the molecule is CN(C)C(=O)C1CCS(=O)(=O)[C@@H]2CN(C(=O)c3ccnc(F)c3)C[C@H]12. The summed E-state index contributed by atoms with van der Waals surface area (Å²) in [5, 5.41) is -0.745. The van der Waals surface area contributed by atoms with Gasteiger partial charge in [-0.2, -0.15) is 4.39 Å². The van der Waals surface area contributed by atoms with E-state index in [9.17, 15) is 22.4 Å². The predicted octanol–water partition coefficient (Wildman–Crippen LogP) is 0.184. The molecular weight excluding hydrogens is 349 g/mol. The van der Waals surface area contributed by atoms with Crippen molar-refractivity contribution in [1.29, 1.82) is 0 Å². The first-order valence-corrected chi connectivity index (χ1v) is 9.76. The number of fused-ring (bicyclic) bond motifs is 1. The zero-order valence-corrected chi connectivity index (χ0v) is 14.9. The fraction of sp³-hybridized carbons (Fsp3) is 0.562. The van der Waals surface area contributed by atoms with Gasteiger partial charge in [0, 0.05) is 56.8 Å². The largest absolute Gasteiger partial charge is 0.349 e. The van der Waals surface area contributed by atoms with Crippen LogP contribution in [0.2, 0.25) is 0 Å². The monoisotopic (exact) mass is 369 g/mol. The Bertz CT molecular complexity index is 811. The highest BCUT2D eigenvalue weighted by Gasteiger charge is 2.51. The van der Waals surface area contributed by atoms with Crippen LogP contribution >= 0.6 is 0 Å². The number of halogens is 1. The van der Waals surface area contributed by atoms with Gasteiger partial charge >= 0.3 is 0 Å². The Morgan fingerprint density at radius 1 is 1.32 bits per heavy atom. The Balaban J connectivity index is 1.87. The molecule has 0 aliphatic carbocycles. The summed E-state index contributed by atoms with van der Waals surface area (Å²) in [6.07, 6.45) is 1.47. The molecular formula is C16H20FN3O4S. The fourth-order valence-electron chi connectivity index (χ4n) is 3.74. The van der Waals surface area contributed by atoms with Crippen LogP contribution < -0.4 is 0 Å². The number of amides is 2. The third kappa shape index (κ3) is 3.24. The molecule has 0 N–H and O–H groups in total. The number of nitrogens with zero attached hydrogens (tertiary/aromatic N) is 3. The van der Waals surface area contributed by atoms with Crippen molar-refractivity contribution in [3.63, 3.8) is 0 Å². The van der Waals surface area contributed by atoms with Crippen LogP contribution in [0.4, 0.5) is 4.39 Å². The van der Waals surface area contributed by atoms with Crippen LogP contribution in [-0.2, 0) is 14.6 Å². The summed E-state index contributed by atoms with van der Waals surface area (Å²) in [6, 6.07) is 2.42. The Kier molecular flexibility index (Phi) is 4.52. The Labute approximate surface area is 145 Å². The van der Waals surface area contributed by atoms with Gasteiger partial charge in [0.25, 0.3) is 5.91 Å². The van der Waals surface area contributed by atoms with Gasteiger partial charge in [-0.25, -0.2) is 13.4 Å². The van der Waals surface area contributed by atoms with Crippen LogP contribution in [0.3, 0.4) is 0 Å². The molecule has 136 valence electrons. The summed E-state index contributed by atoms with van der Waals surface area (Å²) in [4.78, 5) is 31.3. The van der Waals surface area contributed by atoms with E-state index in [1.165, 1.54) is 22.1 Å². The Morgan fingerprint density at radius 3 is 2.68 bits per heavy atom. The van der Waals surface area contributed by atoms with E-state index >= 15 is 0 Å². The van der Waals surface area contributed by atoms with Crippen molar-refractivity contribution in [1.82, 2.24) is 14.8 Å². The molecule has 1 aromatic heterocycles. The molecule has 2 saturated heterocycles. The van der Waals surface area contributed by atoms with Gasteiger partial charge < -0.3 is 9.80 Å². The van der Waals surface area contributed by atoms with Gasteiger partial charge in [-0.15, -0.1) is 0 Å². The first-order chi connectivity index (χ1) is 11.7. The van der Waals surface area contributed by atoms with Crippen molar-refractivity contribution in [3.05, 3.63) is 29.8 Å². The number of sulfone groups is 1. The summed E-state index contributed by atoms with van der Waals surface area (Å²) >= 11 is 0. The van der Waals surface area contributed by atoms with Crippen LogP contribution in [0.25, 0.3) is 0 Å². The maximum atomic E-state index is 13.3. The number of hydrogen-bond acceptors (Lipinski definition) is 5. The van der Waals surface area contributed by atoms with Crippen LogP contribution in [-0.4, -0.2) is 73.2 Å². The minimum absolute atomic E-state index is 0.0347. The smallest absolute Gasteiger partial charge is 0.254 e. The summed E-state index contributed by atoms with van der Waals surface area (Å²) < 4.78 is 38.1. The molecule has 25 heavy (non-hydrogen) atoms. The average Bonchev–Trinajstić information content (AvgIpc) is 3.00. The first kappa shape index (κ1) is 17.8. The number of pyridine rings is 1. The van der Waals surface area contributed by atoms with E-state index in [1.54, 1.807) is 14.1 Å². The number of likely N-dealkylation sites (tertiary alicyclic amines) is 1. The van der Waals surface area contributed by atoms with Crippen LogP contribution in [0, 0.1) is 17.8 Å². The Hall–Kier alpha value is -2.03. The maximum absolute atomic E-state index is 13.3. The van der Waals surface area contributed by atoms with E-state index in [4.69, 9.17) is 0 Å². The lowest BCUT2D eigenvalue weighted by Gasteiger charge is -2.33. The number of carbonyl (C=O) groups excluding carboxylic acids is 2. The minimum Gasteiger partial charge on any atom is -0.349 e. The molecule has 0 bridgehead atoms. The fourth-order valence-corrected chi connectivity index (χ4v) is 5.84. The van der Waals surface area contributed by atoms with Gasteiger partial charge in [-0.3, -0.25) is 9.59 Å². The standard InChI is InChI=1S/C16H20FN3O4S/c1-19(2)16(22)11-4-6-25(23,24)13-9-20(8-12(11)13)15(21)10-3-5-18-14(17)7-10/h3,5,7,11-13H,4,6,8-9H2,1-2H3/t11?,12-,13-/m1/s1. The van der Waals surface area contributed by atoms with Crippen molar-refractivity contribution in [2.75, 3.05) is 32.9 Å². The third-order valence-electron chi connectivity index (χ3n) is 5.02. The molecule has 3 heterocycles. The highest BCUT2D eigenvalue weighted by atomic mass is 32.2. The van der Waals surface area contributed by atoms with Crippen molar-refractivity contribution < 1.29 is 22.4 Å². The molecule has 2 fully saturated rings. The number of hydrogen-bond donors (Lipinski definition) is 0. The lowest BCUT2D eigenvalue weighted by Crippen LogP contribution is -2.46. The summed E-state index contributed by atoms with van der Waals surface area (Å²) in [7, 11) is -0.0863. The highest BCUT2D eigenvalue weighted by Crippen LogP contribution is 2.38. The second-order valence-electron chi connectivity index (χ2n) is 6.77. The second-order valence-corrected chi connectivity index (χ2v) is 9.11. The van der Waals surface area contributed by atoms with Gasteiger partial charge in [0.1, 0.15) is 0 Å². The minimum atomic E-state index is -3.36. The Morgan fingerprint density at radius 2 is 2.04 bits per heavy atom. The topological polar surface area (TPSA) is 87.7 Å². The van der Waals surface area contributed by atoms with Crippen molar-refractivity contribution in [2.45, 2.75) is 11.7 Å². The molecule has 3 atom stereocenters. The average molecular weight is 369 g/mol. The lowest BCUT2D eigenvalue weighted by molar-refractivity contribution is -0.134. The molecule has 2 aliphatic rings. The maximum Gasteiger partial charge on any atom is 0.254 e. The number of carbonyl (C=O) groups is 2. The van der Waals surface area contributed by atoms with Crippen molar-refractivity contribution in [3.8, 4) is 0 Å². The van der Waals surface area contributed by atoms with E-state index < -0.39 is 38.8 Å². The number of aromatic nitrogens is 1. The molecule has 1 aromatic rings. The van der Waals surface area contributed by atoms with E-state index in [0.717, 1.165) is 6.07 Å². The van der Waals surface area contributed by atoms with E-state index in [0.29, 0.717) is 0 Å². The van der Waals surface area contributed by atoms with Gasteiger partial charge in [0.05, 0.1) is 11.0 Å². The van der Waals surface area contributed by atoms with Gasteiger partial charge in [0.15, 0.2) is 9.84 Å². The quantitative estimate of drug-likeness (QED) is 0.694. The first-order valence-electron chi connectivity index (χ1n) is 8.04. The van der Waals surface area contributed by atoms with Crippen LogP contribution in [0.15, 0.2) is 18.3 Å². The van der Waals surface area contributed by atoms with Crippen molar-refractivity contribution in [2.24, 2.45) is 11.8 Å². The van der Waals surface area contributed by atoms with E-state index in [1.807, 2.05) is 0 Å². The normalized spacial score (nSPS) is 27.6. The lowest BCUT2D eigenvalue weighted by atomic mass is 9.87. The highest BCUT2D eigenvalue weighted by molar-refractivity contribution is 7.92. The molecule has 2 amide bonds. The summed E-state index contributed by atoms with van der Waals surface area (Å²) in [5.74, 6) is -2.23. The van der Waals surface area contributed by atoms with Gasteiger partial charge in [-0.05, 0) is 12.5 Å². The van der Waals surface area contributed by atoms with Gasteiger partial charge in [0.2, 0.25) is 11.9 Å². The summed E-state index contributed by atoms with van der Waals surface area (Å²) in [6.45, 7) is 0.212. The zero-order chi connectivity index (χ0) is 18.4. The number of rotatable bonds is 2. The van der Waals surface area contributed by atoms with E-state index in [2.05, 4.69) is 4.98 Å². The molecule has 7 nitrogen and oxygen atoms in total. The van der Waals surface area contributed by atoms with Gasteiger partial charge in [-0.1, -0.05) is 0 Å². The third-order valence-corrected chi connectivity index (χ3v) is 7.25. The molecule has 3 rings (SSSR count). The predicted molar refractivity (Wildman–Crippen MR) is 88.0 cm³/mol. The molecule has 0 spiro atoms. The van der Waals surface area contributed by atoms with Crippen LogP contribution in [0.1, 0.15) is 16.8 Å². The molecule has 0 aromatic carbocycles. The summed E-state index contributed by atoms with van der Waals surface area (Å²) in [5.41, 5.74) is 0.124. The molecule has 0 saturated carbocycles. The molecule has 0 radical (unpaired) electrons. The zero-order valence-electron chi connectivity index (χ0n) is 14.1.